The summed E-state index contributed by atoms with van der Waals surface area (Å²) in [4.78, 5) is 0. The minimum Gasteiger partial charge on any atom is -0.0654 e. The highest BCUT2D eigenvalue weighted by Gasteiger charge is 2.31. The topological polar surface area (TPSA) is 0 Å². The minimum absolute atomic E-state index is 0.629. The van der Waals surface area contributed by atoms with E-state index < -0.39 is 0 Å². The minimum atomic E-state index is 0.629. The molecule has 0 radical (unpaired) electrons. The van der Waals surface area contributed by atoms with Crippen LogP contribution in [-0.2, 0) is 0 Å². The third-order valence-electron chi connectivity index (χ3n) is 4.09. The molecular formula is C14H28. The van der Waals surface area contributed by atoms with E-state index in [4.69, 9.17) is 0 Å². The SMILES string of the molecule is CCCC(CC)C1CCCC(C)(C)C1. The van der Waals surface area contributed by atoms with Gasteiger partial charge in [-0.2, -0.15) is 0 Å². The van der Waals surface area contributed by atoms with Crippen LogP contribution in [0.2, 0.25) is 0 Å². The van der Waals surface area contributed by atoms with Crippen LogP contribution >= 0.6 is 0 Å². The predicted octanol–water partition coefficient (Wildman–Crippen LogP) is 5.03. The standard InChI is InChI=1S/C14H28/c1-5-8-12(6-2)13-9-7-10-14(3,4)11-13/h12-13H,5-11H2,1-4H3. The smallest absolute Gasteiger partial charge is 0.0351 e. The normalized spacial score (nSPS) is 28.7. The second-order valence-corrected chi connectivity index (χ2v) is 5.98. The molecule has 0 heteroatoms. The van der Waals surface area contributed by atoms with Crippen LogP contribution in [0.25, 0.3) is 0 Å². The van der Waals surface area contributed by atoms with Gasteiger partial charge >= 0.3 is 0 Å². The zero-order valence-electron chi connectivity index (χ0n) is 10.6. The predicted molar refractivity (Wildman–Crippen MR) is 64.4 cm³/mol. The van der Waals surface area contributed by atoms with E-state index >= 15 is 0 Å². The molecule has 1 aliphatic rings. The zero-order valence-corrected chi connectivity index (χ0v) is 10.6. The first-order valence-electron chi connectivity index (χ1n) is 6.59. The van der Waals surface area contributed by atoms with Crippen LogP contribution in [0.4, 0.5) is 0 Å². The van der Waals surface area contributed by atoms with Crippen molar-refractivity contribution in [2.45, 2.75) is 72.6 Å². The van der Waals surface area contributed by atoms with Crippen molar-refractivity contribution < 1.29 is 0 Å². The van der Waals surface area contributed by atoms with E-state index in [0.717, 1.165) is 11.8 Å². The fourth-order valence-corrected chi connectivity index (χ4v) is 3.30. The molecule has 0 aliphatic heterocycles. The monoisotopic (exact) mass is 196 g/mol. The molecule has 0 aromatic heterocycles. The molecule has 0 nitrogen and oxygen atoms in total. The Bertz CT molecular complexity index is 157. The molecule has 1 rings (SSSR count). The van der Waals surface area contributed by atoms with E-state index in [2.05, 4.69) is 27.7 Å². The molecule has 1 saturated carbocycles. The summed E-state index contributed by atoms with van der Waals surface area (Å²) in [5, 5.41) is 0. The third-order valence-corrected chi connectivity index (χ3v) is 4.09. The first-order chi connectivity index (χ1) is 6.59. The van der Waals surface area contributed by atoms with Crippen molar-refractivity contribution in [3.8, 4) is 0 Å². The van der Waals surface area contributed by atoms with Gasteiger partial charge in [0.15, 0.2) is 0 Å². The summed E-state index contributed by atoms with van der Waals surface area (Å²) in [6.45, 7) is 9.62. The molecule has 0 aromatic carbocycles. The van der Waals surface area contributed by atoms with Crippen LogP contribution in [0.15, 0.2) is 0 Å². The lowest BCUT2D eigenvalue weighted by atomic mass is 9.67. The summed E-state index contributed by atoms with van der Waals surface area (Å²) in [5.41, 5.74) is 0.629. The molecule has 2 unspecified atom stereocenters. The van der Waals surface area contributed by atoms with Crippen molar-refractivity contribution >= 4 is 0 Å². The molecule has 1 aliphatic carbocycles. The Morgan fingerprint density at radius 1 is 1.29 bits per heavy atom. The van der Waals surface area contributed by atoms with Crippen LogP contribution in [0, 0.1) is 17.3 Å². The quantitative estimate of drug-likeness (QED) is 0.591. The second kappa shape index (κ2) is 5.19. The van der Waals surface area contributed by atoms with Crippen molar-refractivity contribution in [2.75, 3.05) is 0 Å². The first-order valence-corrected chi connectivity index (χ1v) is 6.59. The molecular weight excluding hydrogens is 168 g/mol. The Morgan fingerprint density at radius 3 is 2.50 bits per heavy atom. The van der Waals surface area contributed by atoms with E-state index in [0.29, 0.717) is 5.41 Å². The highest BCUT2D eigenvalue weighted by Crippen LogP contribution is 2.43. The lowest BCUT2D eigenvalue weighted by Crippen LogP contribution is -2.27. The van der Waals surface area contributed by atoms with Gasteiger partial charge in [0.05, 0.1) is 0 Å². The van der Waals surface area contributed by atoms with E-state index in [1.54, 1.807) is 0 Å². The summed E-state index contributed by atoms with van der Waals surface area (Å²) < 4.78 is 0. The van der Waals surface area contributed by atoms with Crippen molar-refractivity contribution in [1.82, 2.24) is 0 Å². The highest BCUT2D eigenvalue weighted by atomic mass is 14.4. The van der Waals surface area contributed by atoms with Crippen LogP contribution < -0.4 is 0 Å². The van der Waals surface area contributed by atoms with Gasteiger partial charge in [0.1, 0.15) is 0 Å². The van der Waals surface area contributed by atoms with Gasteiger partial charge in [-0.1, -0.05) is 59.8 Å². The summed E-state index contributed by atoms with van der Waals surface area (Å²) in [6, 6.07) is 0. The van der Waals surface area contributed by atoms with Gasteiger partial charge in [0.25, 0.3) is 0 Å². The van der Waals surface area contributed by atoms with Gasteiger partial charge in [0, 0.05) is 0 Å². The van der Waals surface area contributed by atoms with E-state index in [-0.39, 0.29) is 0 Å². The molecule has 0 amide bonds. The van der Waals surface area contributed by atoms with Gasteiger partial charge in [-0.15, -0.1) is 0 Å². The third kappa shape index (κ3) is 3.29. The summed E-state index contributed by atoms with van der Waals surface area (Å²) in [6.07, 6.45) is 10.1. The van der Waals surface area contributed by atoms with Crippen molar-refractivity contribution in [1.29, 1.82) is 0 Å². The maximum absolute atomic E-state index is 2.46. The van der Waals surface area contributed by atoms with Crippen molar-refractivity contribution in [3.63, 3.8) is 0 Å². The van der Waals surface area contributed by atoms with Gasteiger partial charge in [-0.3, -0.25) is 0 Å². The molecule has 1 fully saturated rings. The average molecular weight is 196 g/mol. The van der Waals surface area contributed by atoms with E-state index in [9.17, 15) is 0 Å². The molecule has 0 saturated heterocycles. The molecule has 0 heterocycles. The van der Waals surface area contributed by atoms with Crippen LogP contribution in [0.1, 0.15) is 72.6 Å². The van der Waals surface area contributed by atoms with Gasteiger partial charge in [-0.05, 0) is 30.1 Å². The Balaban J connectivity index is 2.49. The van der Waals surface area contributed by atoms with Gasteiger partial charge in [-0.25, -0.2) is 0 Å². The number of hydrogen-bond acceptors (Lipinski definition) is 0. The Hall–Kier alpha value is 0. The van der Waals surface area contributed by atoms with Gasteiger partial charge < -0.3 is 0 Å². The summed E-state index contributed by atoms with van der Waals surface area (Å²) >= 11 is 0. The maximum atomic E-state index is 2.46. The molecule has 0 aromatic rings. The molecule has 2 atom stereocenters. The zero-order chi connectivity index (χ0) is 10.6. The molecule has 84 valence electrons. The molecule has 0 bridgehead atoms. The number of hydrogen-bond donors (Lipinski definition) is 0. The summed E-state index contributed by atoms with van der Waals surface area (Å²) in [7, 11) is 0. The largest absolute Gasteiger partial charge is 0.0654 e. The Labute approximate surface area is 90.5 Å². The molecule has 0 N–H and O–H groups in total. The summed E-state index contributed by atoms with van der Waals surface area (Å²) in [5.74, 6) is 2.04. The lowest BCUT2D eigenvalue weighted by Gasteiger charge is -2.39. The van der Waals surface area contributed by atoms with Crippen molar-refractivity contribution in [2.24, 2.45) is 17.3 Å². The van der Waals surface area contributed by atoms with Crippen LogP contribution in [0.5, 0.6) is 0 Å². The van der Waals surface area contributed by atoms with E-state index in [1.807, 2.05) is 0 Å². The first kappa shape index (κ1) is 12.1. The lowest BCUT2D eigenvalue weighted by molar-refractivity contribution is 0.126. The maximum Gasteiger partial charge on any atom is -0.0351 e. The average Bonchev–Trinajstić information content (AvgIpc) is 2.12. The van der Waals surface area contributed by atoms with Crippen molar-refractivity contribution in [3.05, 3.63) is 0 Å². The molecule has 14 heavy (non-hydrogen) atoms. The number of rotatable bonds is 4. The van der Waals surface area contributed by atoms with Gasteiger partial charge in [0.2, 0.25) is 0 Å². The van der Waals surface area contributed by atoms with E-state index in [1.165, 1.54) is 44.9 Å². The van der Waals surface area contributed by atoms with Crippen LogP contribution in [-0.4, -0.2) is 0 Å². The Morgan fingerprint density at radius 2 is 2.00 bits per heavy atom. The fourth-order valence-electron chi connectivity index (χ4n) is 3.30. The van der Waals surface area contributed by atoms with Crippen LogP contribution in [0.3, 0.4) is 0 Å². The fraction of sp³-hybridized carbons (Fsp3) is 1.00. The Kier molecular flexibility index (Phi) is 4.47. The molecule has 0 spiro atoms. The second-order valence-electron chi connectivity index (χ2n) is 5.98. The highest BCUT2D eigenvalue weighted by molar-refractivity contribution is 4.82.